The van der Waals surface area contributed by atoms with Crippen LogP contribution in [0.25, 0.3) is 11.0 Å². The van der Waals surface area contributed by atoms with Crippen LogP contribution in [0.1, 0.15) is 22.4 Å². The minimum Gasteiger partial charge on any atom is -0.469 e. The summed E-state index contributed by atoms with van der Waals surface area (Å²) in [6, 6.07) is 6.53. The van der Waals surface area contributed by atoms with Crippen LogP contribution in [0.2, 0.25) is 0 Å². The molecule has 140 valence electrons. The number of carbonyl (C=O) groups excluding carboxylic acids is 1. The number of nitrogens with zero attached hydrogens (tertiary/aromatic N) is 1. The van der Waals surface area contributed by atoms with Gasteiger partial charge in [0.05, 0.1) is 19.2 Å². The number of hydrogen-bond donors (Lipinski definition) is 1. The predicted octanol–water partition coefficient (Wildman–Crippen LogP) is 2.50. The lowest BCUT2D eigenvalue weighted by Crippen LogP contribution is -2.14. The lowest BCUT2D eigenvalue weighted by Gasteiger charge is -2.08. The lowest BCUT2D eigenvalue weighted by atomic mass is 10.0. The van der Waals surface area contributed by atoms with Crippen molar-refractivity contribution in [3.8, 4) is 0 Å². The number of ether oxygens (including phenoxy) is 1. The van der Waals surface area contributed by atoms with Gasteiger partial charge in [-0.1, -0.05) is 11.8 Å². The first-order chi connectivity index (χ1) is 12.9. The van der Waals surface area contributed by atoms with E-state index in [0.29, 0.717) is 22.2 Å². The van der Waals surface area contributed by atoms with Crippen molar-refractivity contribution in [3.05, 3.63) is 67.4 Å². The molecule has 7 nitrogen and oxygen atoms in total. The fraction of sp³-hybridized carbons (Fsp3) is 0.263. The number of aromatic nitrogens is 2. The highest BCUT2D eigenvalue weighted by Crippen LogP contribution is 2.26. The predicted molar refractivity (Wildman–Crippen MR) is 102 cm³/mol. The number of hydrogen-bond acceptors (Lipinski definition) is 7. The standard InChI is InChI=1S/C19H18N2O5S/c1-10-4-14-12(6-18(24)26-15(14)5-11(10)2)9-27-19-20-13(7-16(22)21-19)8-17(23)25-3/h4-7H,8-9H2,1-3H3,(H,20,21,22). The molecule has 0 atom stereocenters. The smallest absolute Gasteiger partial charge is 0.336 e. The zero-order chi connectivity index (χ0) is 19.6. The van der Waals surface area contributed by atoms with Crippen LogP contribution in [-0.2, 0) is 21.7 Å². The van der Waals surface area contributed by atoms with Gasteiger partial charge in [0, 0.05) is 23.3 Å². The van der Waals surface area contributed by atoms with Crippen LogP contribution in [-0.4, -0.2) is 23.0 Å². The highest BCUT2D eigenvalue weighted by molar-refractivity contribution is 7.98. The molecule has 0 aliphatic heterocycles. The van der Waals surface area contributed by atoms with Gasteiger partial charge in [-0.2, -0.15) is 0 Å². The van der Waals surface area contributed by atoms with Crippen molar-refractivity contribution >= 4 is 28.7 Å². The summed E-state index contributed by atoms with van der Waals surface area (Å²) in [4.78, 5) is 42.0. The SMILES string of the molecule is COC(=O)Cc1cc(=O)[nH]c(SCc2cc(=O)oc3cc(C)c(C)cc23)n1. The van der Waals surface area contributed by atoms with Crippen LogP contribution in [0, 0.1) is 13.8 Å². The zero-order valence-electron chi connectivity index (χ0n) is 15.1. The van der Waals surface area contributed by atoms with Crippen molar-refractivity contribution in [2.45, 2.75) is 31.2 Å². The van der Waals surface area contributed by atoms with Crippen LogP contribution in [0.4, 0.5) is 0 Å². The van der Waals surface area contributed by atoms with Gasteiger partial charge in [-0.25, -0.2) is 9.78 Å². The number of rotatable bonds is 5. The van der Waals surface area contributed by atoms with E-state index in [4.69, 9.17) is 4.42 Å². The normalized spacial score (nSPS) is 10.9. The molecule has 8 heteroatoms. The molecule has 1 aromatic carbocycles. The van der Waals surface area contributed by atoms with E-state index in [9.17, 15) is 14.4 Å². The Morgan fingerprint density at radius 2 is 1.93 bits per heavy atom. The average Bonchev–Trinajstić information content (AvgIpc) is 2.60. The summed E-state index contributed by atoms with van der Waals surface area (Å²) in [6.45, 7) is 3.95. The van der Waals surface area contributed by atoms with Crippen LogP contribution < -0.4 is 11.2 Å². The third-order valence-electron chi connectivity index (χ3n) is 4.14. The molecule has 0 aliphatic carbocycles. The Kier molecular flexibility index (Phi) is 5.46. The molecule has 2 aromatic heterocycles. The van der Waals surface area contributed by atoms with E-state index in [1.807, 2.05) is 26.0 Å². The quantitative estimate of drug-likeness (QED) is 0.311. The number of H-pyrrole nitrogens is 1. The third-order valence-corrected chi connectivity index (χ3v) is 5.06. The Morgan fingerprint density at radius 1 is 1.19 bits per heavy atom. The number of aryl methyl sites for hydroxylation is 2. The maximum atomic E-state index is 11.9. The molecule has 0 saturated carbocycles. The second-order valence-corrected chi connectivity index (χ2v) is 7.07. The van der Waals surface area contributed by atoms with E-state index in [0.717, 1.165) is 22.1 Å². The highest BCUT2D eigenvalue weighted by Gasteiger charge is 2.11. The number of fused-ring (bicyclic) bond motifs is 1. The minimum atomic E-state index is -0.471. The van der Waals surface area contributed by atoms with E-state index in [1.165, 1.54) is 31.0 Å². The second kappa shape index (κ2) is 7.79. The van der Waals surface area contributed by atoms with E-state index in [-0.39, 0.29) is 12.0 Å². The first kappa shape index (κ1) is 18.9. The number of benzene rings is 1. The second-order valence-electron chi connectivity index (χ2n) is 6.11. The summed E-state index contributed by atoms with van der Waals surface area (Å²) < 4.78 is 9.90. The highest BCUT2D eigenvalue weighted by atomic mass is 32.2. The maximum absolute atomic E-state index is 11.9. The summed E-state index contributed by atoms with van der Waals surface area (Å²) in [6.07, 6.45) is -0.0791. The Balaban J connectivity index is 1.91. The van der Waals surface area contributed by atoms with E-state index >= 15 is 0 Å². The molecule has 27 heavy (non-hydrogen) atoms. The topological polar surface area (TPSA) is 102 Å². The Morgan fingerprint density at radius 3 is 2.67 bits per heavy atom. The van der Waals surface area contributed by atoms with Gasteiger partial charge in [0.2, 0.25) is 0 Å². The minimum absolute atomic E-state index is 0.0791. The van der Waals surface area contributed by atoms with Crippen molar-refractivity contribution in [3.63, 3.8) is 0 Å². The molecule has 0 bridgehead atoms. The Labute approximate surface area is 158 Å². The van der Waals surface area contributed by atoms with Crippen molar-refractivity contribution in [1.29, 1.82) is 0 Å². The number of nitrogens with one attached hydrogen (secondary N) is 1. The van der Waals surface area contributed by atoms with E-state index < -0.39 is 11.6 Å². The summed E-state index contributed by atoms with van der Waals surface area (Å²) >= 11 is 1.27. The van der Waals surface area contributed by atoms with Gasteiger partial charge in [0.15, 0.2) is 5.16 Å². The summed E-state index contributed by atoms with van der Waals surface area (Å²) in [7, 11) is 1.28. The van der Waals surface area contributed by atoms with E-state index in [1.54, 1.807) is 0 Å². The number of thioether (sulfide) groups is 1. The van der Waals surface area contributed by atoms with Crippen molar-refractivity contribution in [1.82, 2.24) is 9.97 Å². The number of methoxy groups -OCH3 is 1. The van der Waals surface area contributed by atoms with Gasteiger partial charge in [0.25, 0.3) is 5.56 Å². The molecular formula is C19H18N2O5S. The lowest BCUT2D eigenvalue weighted by molar-refractivity contribution is -0.139. The Hall–Kier alpha value is -2.87. The first-order valence-corrected chi connectivity index (χ1v) is 9.18. The number of esters is 1. The molecule has 0 amide bonds. The summed E-state index contributed by atoms with van der Waals surface area (Å²) in [5, 5.41) is 1.21. The van der Waals surface area contributed by atoms with Crippen molar-refractivity contribution in [2.24, 2.45) is 0 Å². The van der Waals surface area contributed by atoms with Gasteiger partial charge in [-0.15, -0.1) is 0 Å². The fourth-order valence-corrected chi connectivity index (χ4v) is 3.50. The summed E-state index contributed by atoms with van der Waals surface area (Å²) in [5.41, 5.74) is 3.00. The van der Waals surface area contributed by atoms with Gasteiger partial charge in [-0.05, 0) is 42.7 Å². The third kappa shape index (κ3) is 4.46. The average molecular weight is 386 g/mol. The molecule has 0 unspecified atom stereocenters. The molecule has 3 aromatic rings. The Bertz CT molecular complexity index is 1130. The van der Waals surface area contributed by atoms with Gasteiger partial charge >= 0.3 is 11.6 Å². The number of carbonyl (C=O) groups is 1. The maximum Gasteiger partial charge on any atom is 0.336 e. The number of aromatic amines is 1. The molecule has 0 fully saturated rings. The van der Waals surface area contributed by atoms with Crippen LogP contribution in [0.15, 0.2) is 43.4 Å². The molecule has 0 saturated heterocycles. The van der Waals surface area contributed by atoms with Gasteiger partial charge in [0.1, 0.15) is 5.58 Å². The molecule has 1 N–H and O–H groups in total. The van der Waals surface area contributed by atoms with Crippen LogP contribution >= 0.6 is 11.8 Å². The molecule has 2 heterocycles. The molecular weight excluding hydrogens is 368 g/mol. The largest absolute Gasteiger partial charge is 0.469 e. The molecule has 0 radical (unpaired) electrons. The van der Waals surface area contributed by atoms with Gasteiger partial charge < -0.3 is 14.1 Å². The van der Waals surface area contributed by atoms with Gasteiger partial charge in [-0.3, -0.25) is 9.59 Å². The molecule has 0 aliphatic rings. The fourth-order valence-electron chi connectivity index (χ4n) is 2.61. The monoisotopic (exact) mass is 386 g/mol. The molecule has 0 spiro atoms. The van der Waals surface area contributed by atoms with Crippen LogP contribution in [0.5, 0.6) is 0 Å². The summed E-state index contributed by atoms with van der Waals surface area (Å²) in [5.74, 6) is -0.0589. The van der Waals surface area contributed by atoms with Crippen molar-refractivity contribution < 1.29 is 13.9 Å². The first-order valence-electron chi connectivity index (χ1n) is 8.19. The zero-order valence-corrected chi connectivity index (χ0v) is 15.9. The molecule has 3 rings (SSSR count). The van der Waals surface area contributed by atoms with Crippen LogP contribution in [0.3, 0.4) is 0 Å². The van der Waals surface area contributed by atoms with Crippen molar-refractivity contribution in [2.75, 3.05) is 7.11 Å². The van der Waals surface area contributed by atoms with E-state index in [2.05, 4.69) is 14.7 Å².